The predicted molar refractivity (Wildman–Crippen MR) is 47.5 cm³/mol. The molecule has 0 N–H and O–H groups in total. The number of aromatic nitrogens is 2. The summed E-state index contributed by atoms with van der Waals surface area (Å²) in [6, 6.07) is 0. The van der Waals surface area contributed by atoms with Gasteiger partial charge in [-0.25, -0.2) is 9.97 Å². The van der Waals surface area contributed by atoms with Crippen LogP contribution in [0.5, 0.6) is 0 Å². The fourth-order valence-corrected chi connectivity index (χ4v) is 0.663. The van der Waals surface area contributed by atoms with Crippen LogP contribution in [0.2, 0.25) is 0 Å². The maximum atomic E-state index is 3.86. The standard InChI is InChI=1S/C9H11N3/c1-12(2)5-3-4-9-6-10-8-11-7-9/h6-8H,5H2,1-2H3. The van der Waals surface area contributed by atoms with E-state index in [9.17, 15) is 0 Å². The van der Waals surface area contributed by atoms with Gasteiger partial charge >= 0.3 is 0 Å². The van der Waals surface area contributed by atoms with Crippen molar-refractivity contribution < 1.29 is 0 Å². The van der Waals surface area contributed by atoms with Crippen molar-refractivity contribution in [1.29, 1.82) is 0 Å². The summed E-state index contributed by atoms with van der Waals surface area (Å²) in [7, 11) is 3.96. The van der Waals surface area contributed by atoms with E-state index in [1.807, 2.05) is 19.0 Å². The molecule has 1 aromatic heterocycles. The summed E-state index contributed by atoms with van der Waals surface area (Å²) >= 11 is 0. The summed E-state index contributed by atoms with van der Waals surface area (Å²) in [6.45, 7) is 0.759. The molecule has 1 heterocycles. The van der Waals surface area contributed by atoms with Gasteiger partial charge in [-0.2, -0.15) is 0 Å². The largest absolute Gasteiger partial charge is 0.299 e. The van der Waals surface area contributed by atoms with Gasteiger partial charge in [-0.1, -0.05) is 11.8 Å². The van der Waals surface area contributed by atoms with Crippen LogP contribution in [0, 0.1) is 11.8 Å². The van der Waals surface area contributed by atoms with E-state index in [4.69, 9.17) is 0 Å². The first-order valence-electron chi connectivity index (χ1n) is 3.67. The van der Waals surface area contributed by atoms with Crippen LogP contribution in [0.1, 0.15) is 5.56 Å². The van der Waals surface area contributed by atoms with E-state index in [-0.39, 0.29) is 0 Å². The number of rotatable bonds is 1. The average Bonchev–Trinajstić information content (AvgIpc) is 2.05. The topological polar surface area (TPSA) is 29.0 Å². The summed E-state index contributed by atoms with van der Waals surface area (Å²) < 4.78 is 0. The Bertz CT molecular complexity index is 282. The Morgan fingerprint density at radius 2 is 2.00 bits per heavy atom. The Morgan fingerprint density at radius 1 is 1.33 bits per heavy atom. The zero-order valence-corrected chi connectivity index (χ0v) is 7.28. The van der Waals surface area contributed by atoms with E-state index in [1.54, 1.807) is 12.4 Å². The second-order valence-corrected chi connectivity index (χ2v) is 2.67. The second kappa shape index (κ2) is 4.47. The highest BCUT2D eigenvalue weighted by atomic mass is 15.0. The van der Waals surface area contributed by atoms with Crippen LogP contribution in [0.3, 0.4) is 0 Å². The van der Waals surface area contributed by atoms with Gasteiger partial charge in [-0.15, -0.1) is 0 Å². The lowest BCUT2D eigenvalue weighted by Crippen LogP contribution is -2.10. The summed E-state index contributed by atoms with van der Waals surface area (Å²) in [5, 5.41) is 0. The van der Waals surface area contributed by atoms with Gasteiger partial charge in [0, 0.05) is 12.4 Å². The van der Waals surface area contributed by atoms with Gasteiger partial charge in [0.15, 0.2) is 0 Å². The molecule has 0 aliphatic rings. The van der Waals surface area contributed by atoms with E-state index in [0.29, 0.717) is 0 Å². The highest BCUT2D eigenvalue weighted by Crippen LogP contribution is 1.87. The quantitative estimate of drug-likeness (QED) is 0.558. The smallest absolute Gasteiger partial charge is 0.115 e. The van der Waals surface area contributed by atoms with Gasteiger partial charge in [-0.3, -0.25) is 4.90 Å². The molecular weight excluding hydrogens is 150 g/mol. The third-order valence-electron chi connectivity index (χ3n) is 1.19. The molecule has 3 nitrogen and oxygen atoms in total. The number of hydrogen-bond acceptors (Lipinski definition) is 3. The monoisotopic (exact) mass is 161 g/mol. The molecule has 0 aliphatic carbocycles. The molecule has 0 aromatic carbocycles. The maximum Gasteiger partial charge on any atom is 0.115 e. The predicted octanol–water partition coefficient (Wildman–Crippen LogP) is 0.390. The number of hydrogen-bond donors (Lipinski definition) is 0. The molecular formula is C9H11N3. The summed E-state index contributed by atoms with van der Waals surface area (Å²) in [5.41, 5.74) is 0.861. The van der Waals surface area contributed by atoms with Crippen LogP contribution in [0.15, 0.2) is 18.7 Å². The summed E-state index contributed by atoms with van der Waals surface area (Å²) in [4.78, 5) is 9.72. The zero-order valence-electron chi connectivity index (χ0n) is 7.28. The van der Waals surface area contributed by atoms with Crippen molar-refractivity contribution >= 4 is 0 Å². The van der Waals surface area contributed by atoms with Gasteiger partial charge in [0.25, 0.3) is 0 Å². The van der Waals surface area contributed by atoms with Gasteiger partial charge in [-0.05, 0) is 14.1 Å². The third kappa shape index (κ3) is 3.13. The highest BCUT2D eigenvalue weighted by Gasteiger charge is 1.84. The molecule has 0 unspecified atom stereocenters. The minimum atomic E-state index is 0.759. The molecule has 0 bridgehead atoms. The van der Waals surface area contributed by atoms with Crippen molar-refractivity contribution in [3.05, 3.63) is 24.3 Å². The maximum absolute atomic E-state index is 3.86. The van der Waals surface area contributed by atoms with Gasteiger partial charge in [0.05, 0.1) is 12.1 Å². The van der Waals surface area contributed by atoms with Gasteiger partial charge in [0.2, 0.25) is 0 Å². The van der Waals surface area contributed by atoms with Crippen molar-refractivity contribution in [2.75, 3.05) is 20.6 Å². The minimum absolute atomic E-state index is 0.759. The number of nitrogens with zero attached hydrogens (tertiary/aromatic N) is 3. The van der Waals surface area contributed by atoms with Gasteiger partial charge < -0.3 is 0 Å². The van der Waals surface area contributed by atoms with Crippen LogP contribution in [-0.4, -0.2) is 35.5 Å². The molecule has 0 saturated carbocycles. The molecule has 1 rings (SSSR count). The zero-order chi connectivity index (χ0) is 8.81. The first-order chi connectivity index (χ1) is 5.79. The van der Waals surface area contributed by atoms with Crippen molar-refractivity contribution in [1.82, 2.24) is 14.9 Å². The summed E-state index contributed by atoms with van der Waals surface area (Å²) in [5.74, 6) is 5.96. The molecule has 0 atom stereocenters. The first-order valence-corrected chi connectivity index (χ1v) is 3.67. The van der Waals surface area contributed by atoms with Crippen molar-refractivity contribution in [3.8, 4) is 11.8 Å². The minimum Gasteiger partial charge on any atom is -0.299 e. The SMILES string of the molecule is CN(C)CC#Cc1cncnc1. The van der Waals surface area contributed by atoms with Crippen molar-refractivity contribution in [2.24, 2.45) is 0 Å². The normalized spacial score (nSPS) is 9.25. The molecule has 0 aliphatic heterocycles. The molecule has 1 aromatic rings. The fraction of sp³-hybridized carbons (Fsp3) is 0.333. The Hall–Kier alpha value is -1.40. The van der Waals surface area contributed by atoms with Crippen LogP contribution in [-0.2, 0) is 0 Å². The molecule has 62 valence electrons. The molecule has 0 spiro atoms. The fourth-order valence-electron chi connectivity index (χ4n) is 0.663. The van der Waals surface area contributed by atoms with Crippen molar-refractivity contribution in [2.45, 2.75) is 0 Å². The second-order valence-electron chi connectivity index (χ2n) is 2.67. The van der Waals surface area contributed by atoms with Crippen LogP contribution in [0.4, 0.5) is 0 Å². The Balaban J connectivity index is 2.55. The lowest BCUT2D eigenvalue weighted by molar-refractivity contribution is 0.464. The van der Waals surface area contributed by atoms with Gasteiger partial charge in [0.1, 0.15) is 6.33 Å². The highest BCUT2D eigenvalue weighted by molar-refractivity contribution is 5.29. The molecule has 0 saturated heterocycles. The molecule has 3 heteroatoms. The molecule has 0 radical (unpaired) electrons. The Morgan fingerprint density at radius 3 is 2.58 bits per heavy atom. The Kier molecular flexibility index (Phi) is 3.24. The first kappa shape index (κ1) is 8.69. The molecule has 12 heavy (non-hydrogen) atoms. The lowest BCUT2D eigenvalue weighted by atomic mass is 10.3. The van der Waals surface area contributed by atoms with E-state index < -0.39 is 0 Å². The van der Waals surface area contributed by atoms with Crippen molar-refractivity contribution in [3.63, 3.8) is 0 Å². The van der Waals surface area contributed by atoms with Crippen LogP contribution >= 0.6 is 0 Å². The molecule has 0 amide bonds. The third-order valence-corrected chi connectivity index (χ3v) is 1.19. The van der Waals surface area contributed by atoms with E-state index >= 15 is 0 Å². The van der Waals surface area contributed by atoms with Crippen LogP contribution < -0.4 is 0 Å². The van der Waals surface area contributed by atoms with E-state index in [1.165, 1.54) is 6.33 Å². The van der Waals surface area contributed by atoms with E-state index in [2.05, 4.69) is 21.8 Å². The van der Waals surface area contributed by atoms with Crippen LogP contribution in [0.25, 0.3) is 0 Å². The molecule has 0 fully saturated rings. The van der Waals surface area contributed by atoms with E-state index in [0.717, 1.165) is 12.1 Å². The Labute approximate surface area is 72.5 Å². The summed E-state index contributed by atoms with van der Waals surface area (Å²) in [6.07, 6.45) is 4.91. The average molecular weight is 161 g/mol. The lowest BCUT2D eigenvalue weighted by Gasteiger charge is -2.00.